The van der Waals surface area contributed by atoms with E-state index in [1.165, 1.54) is 57.9 Å². The summed E-state index contributed by atoms with van der Waals surface area (Å²) in [6.07, 6.45) is 9.00. The first kappa shape index (κ1) is 14.9. The van der Waals surface area contributed by atoms with Crippen molar-refractivity contribution in [1.82, 2.24) is 0 Å². The Morgan fingerprint density at radius 3 is 2.30 bits per heavy atom. The molecule has 1 saturated carbocycles. The van der Waals surface area contributed by atoms with Crippen LogP contribution in [-0.4, -0.2) is 25.6 Å². The van der Waals surface area contributed by atoms with Gasteiger partial charge >= 0.3 is 145 Å². The van der Waals surface area contributed by atoms with Crippen molar-refractivity contribution in [3.63, 3.8) is 0 Å². The molecule has 116 valence electrons. The van der Waals surface area contributed by atoms with Gasteiger partial charge in [0, 0.05) is 0 Å². The average Bonchev–Trinajstić information content (AvgIpc) is 2.95. The molecule has 0 amide bonds. The van der Waals surface area contributed by atoms with Gasteiger partial charge in [-0.25, -0.2) is 0 Å². The van der Waals surface area contributed by atoms with Crippen molar-refractivity contribution in [2.45, 2.75) is 38.1 Å². The second kappa shape index (κ2) is 6.86. The van der Waals surface area contributed by atoms with Crippen LogP contribution in [0.3, 0.4) is 0 Å². The topological polar surface area (TPSA) is 12.4 Å². The third-order valence-corrected chi connectivity index (χ3v) is 6.86. The summed E-state index contributed by atoms with van der Waals surface area (Å²) in [6.45, 7) is 0. The Morgan fingerprint density at radius 1 is 0.826 bits per heavy atom. The summed E-state index contributed by atoms with van der Waals surface area (Å²) in [5.74, 6) is 0. The van der Waals surface area contributed by atoms with E-state index in [0.29, 0.717) is 21.0 Å². The van der Waals surface area contributed by atoms with Crippen LogP contribution < -0.4 is 0 Å². The van der Waals surface area contributed by atoms with Crippen molar-refractivity contribution in [2.24, 2.45) is 4.99 Å². The fourth-order valence-corrected chi connectivity index (χ4v) is 5.86. The van der Waals surface area contributed by atoms with E-state index in [9.17, 15) is 0 Å². The van der Waals surface area contributed by atoms with Crippen LogP contribution in [0.15, 0.2) is 59.6 Å². The predicted molar refractivity (Wildman–Crippen MR) is 99.9 cm³/mol. The van der Waals surface area contributed by atoms with Gasteiger partial charge in [-0.1, -0.05) is 0 Å². The number of hydrogen-bond donors (Lipinski definition) is 0. The van der Waals surface area contributed by atoms with Crippen LogP contribution in [0.4, 0.5) is 0 Å². The molecule has 1 heterocycles. The zero-order valence-electron chi connectivity index (χ0n) is 13.2. The summed E-state index contributed by atoms with van der Waals surface area (Å²) in [5.41, 5.74) is 4.06. The van der Waals surface area contributed by atoms with E-state index >= 15 is 0 Å². The van der Waals surface area contributed by atoms with Gasteiger partial charge in [-0.05, 0) is 0 Å². The molecule has 2 aromatic carbocycles. The molecule has 2 aliphatic rings. The summed E-state index contributed by atoms with van der Waals surface area (Å²) >= 11 is 0.330. The minimum atomic E-state index is 0.330. The van der Waals surface area contributed by atoms with Crippen molar-refractivity contribution in [1.29, 1.82) is 0 Å². The summed E-state index contributed by atoms with van der Waals surface area (Å²) < 4.78 is 2.83. The van der Waals surface area contributed by atoms with Crippen LogP contribution >= 0.6 is 0 Å². The second-order valence-corrected chi connectivity index (χ2v) is 8.46. The maximum atomic E-state index is 5.17. The third-order valence-electron chi connectivity index (χ3n) is 4.60. The zero-order valence-corrected chi connectivity index (χ0v) is 15.0. The van der Waals surface area contributed by atoms with Crippen molar-refractivity contribution < 1.29 is 0 Å². The van der Waals surface area contributed by atoms with Gasteiger partial charge in [0.1, 0.15) is 0 Å². The van der Waals surface area contributed by atoms with E-state index in [-0.39, 0.29) is 0 Å². The average molecular weight is 366 g/mol. The fourth-order valence-electron chi connectivity index (χ4n) is 3.38. The van der Waals surface area contributed by atoms with Gasteiger partial charge in [0.05, 0.1) is 0 Å². The van der Waals surface area contributed by atoms with Crippen LogP contribution in [0.25, 0.3) is 10.5 Å². The molecule has 0 spiro atoms. The molecule has 4 rings (SSSR count). The Kier molecular flexibility index (Phi) is 4.46. The Labute approximate surface area is 144 Å². The number of benzene rings is 2. The van der Waals surface area contributed by atoms with Crippen molar-refractivity contribution in [3.05, 3.63) is 71.3 Å². The molecule has 23 heavy (non-hydrogen) atoms. The summed E-state index contributed by atoms with van der Waals surface area (Å²) in [6, 6.07) is 20.0. The normalized spacial score (nSPS) is 21.7. The molecule has 2 heteroatoms. The van der Waals surface area contributed by atoms with E-state index in [1.54, 1.807) is 0 Å². The molecule has 2 aromatic rings. The first-order chi connectivity index (χ1) is 11.4. The van der Waals surface area contributed by atoms with Gasteiger partial charge < -0.3 is 0 Å². The molecule has 0 radical (unpaired) electrons. The predicted octanol–water partition coefficient (Wildman–Crippen LogP) is 4.98. The standard InChI is InChI=1S/C21H21NSe/c1-3-9-16(10-4-1)15-20-18-13-7-8-14-19(18)21(23-20)22-17-11-5-2-6-12-17/h1,3-4,7-10,13-15,17H,2,5-6,11-12H2/b20-15-,22-21?. The van der Waals surface area contributed by atoms with Crippen LogP contribution in [0.1, 0.15) is 48.8 Å². The van der Waals surface area contributed by atoms with Gasteiger partial charge in [0.25, 0.3) is 0 Å². The van der Waals surface area contributed by atoms with Crippen LogP contribution in [-0.2, 0) is 0 Å². The second-order valence-electron chi connectivity index (χ2n) is 6.29. The molecular formula is C21H21NSe. The number of fused-ring (bicyclic) bond motifs is 1. The molecule has 0 atom stereocenters. The molecule has 0 N–H and O–H groups in total. The van der Waals surface area contributed by atoms with Gasteiger partial charge in [-0.3, -0.25) is 0 Å². The zero-order chi connectivity index (χ0) is 15.5. The number of rotatable bonds is 2. The molecule has 0 aromatic heterocycles. The quantitative estimate of drug-likeness (QED) is 0.665. The molecule has 0 saturated heterocycles. The van der Waals surface area contributed by atoms with E-state index in [4.69, 9.17) is 4.99 Å². The van der Waals surface area contributed by atoms with E-state index in [1.807, 2.05) is 0 Å². The van der Waals surface area contributed by atoms with E-state index in [2.05, 4.69) is 60.7 Å². The Bertz CT molecular complexity index is 739. The van der Waals surface area contributed by atoms with Crippen LogP contribution in [0.5, 0.6) is 0 Å². The Balaban J connectivity index is 1.69. The third kappa shape index (κ3) is 3.34. The first-order valence-corrected chi connectivity index (χ1v) is 10.2. The Morgan fingerprint density at radius 2 is 1.52 bits per heavy atom. The van der Waals surface area contributed by atoms with Gasteiger partial charge in [-0.15, -0.1) is 0 Å². The molecule has 0 bridgehead atoms. The maximum absolute atomic E-state index is 5.17. The van der Waals surface area contributed by atoms with E-state index in [0.717, 1.165) is 0 Å². The summed E-state index contributed by atoms with van der Waals surface area (Å²) in [4.78, 5) is 5.17. The number of hydrogen-bond acceptors (Lipinski definition) is 1. The molecule has 1 aliphatic heterocycles. The van der Waals surface area contributed by atoms with Crippen molar-refractivity contribution in [2.75, 3.05) is 0 Å². The van der Waals surface area contributed by atoms with E-state index < -0.39 is 0 Å². The van der Waals surface area contributed by atoms with Crippen LogP contribution in [0.2, 0.25) is 0 Å². The number of nitrogens with zero attached hydrogens (tertiary/aromatic N) is 1. The molecule has 1 fully saturated rings. The SMILES string of the molecule is C(=C1/[Se]C(=NC2CCCCC2)c2ccccc21)/c1ccccc1. The summed E-state index contributed by atoms with van der Waals surface area (Å²) in [7, 11) is 0. The number of aliphatic imine (C=N–C) groups is 1. The van der Waals surface area contributed by atoms with Gasteiger partial charge in [-0.2, -0.15) is 0 Å². The minimum absolute atomic E-state index is 0.330. The molecule has 1 nitrogen and oxygen atoms in total. The van der Waals surface area contributed by atoms with Gasteiger partial charge in [0.2, 0.25) is 0 Å². The monoisotopic (exact) mass is 367 g/mol. The molecule has 1 aliphatic carbocycles. The van der Waals surface area contributed by atoms with Crippen molar-refractivity contribution in [3.8, 4) is 0 Å². The summed E-state index contributed by atoms with van der Waals surface area (Å²) in [5, 5.41) is 0. The van der Waals surface area contributed by atoms with Crippen LogP contribution in [0, 0.1) is 0 Å². The fraction of sp³-hybridized carbons (Fsp3) is 0.286. The van der Waals surface area contributed by atoms with Crippen molar-refractivity contribution >= 4 is 30.1 Å². The molecule has 0 unspecified atom stereocenters. The van der Waals surface area contributed by atoms with Gasteiger partial charge in [0.15, 0.2) is 0 Å². The molecular weight excluding hydrogens is 345 g/mol. The Hall–Kier alpha value is -1.63. The first-order valence-electron chi connectivity index (χ1n) is 8.52.